The fraction of sp³-hybridized carbons (Fsp3) is 0.615. The van der Waals surface area contributed by atoms with Crippen LogP contribution in [0.1, 0.15) is 29.9 Å². The van der Waals surface area contributed by atoms with Gasteiger partial charge in [0.2, 0.25) is 5.91 Å². The molecule has 1 fully saturated rings. The average molecular weight is 266 g/mol. The second kappa shape index (κ2) is 5.42. The summed E-state index contributed by atoms with van der Waals surface area (Å²) < 4.78 is 9.78. The van der Waals surface area contributed by atoms with Crippen molar-refractivity contribution in [3.8, 4) is 0 Å². The van der Waals surface area contributed by atoms with Gasteiger partial charge in [-0.3, -0.25) is 4.79 Å². The molecular weight excluding hydrogens is 248 g/mol. The van der Waals surface area contributed by atoms with Crippen molar-refractivity contribution in [3.63, 3.8) is 0 Å². The number of esters is 1. The molecule has 6 heteroatoms. The second-order valence-electron chi connectivity index (χ2n) is 4.75. The zero-order valence-corrected chi connectivity index (χ0v) is 11.4. The van der Waals surface area contributed by atoms with Crippen LogP contribution in [0.25, 0.3) is 0 Å². The van der Waals surface area contributed by atoms with Crippen molar-refractivity contribution >= 4 is 11.9 Å². The van der Waals surface area contributed by atoms with Gasteiger partial charge in [0.1, 0.15) is 11.8 Å². The molecule has 1 aromatic heterocycles. The van der Waals surface area contributed by atoms with Crippen LogP contribution in [-0.2, 0) is 20.7 Å². The summed E-state index contributed by atoms with van der Waals surface area (Å²) in [6.07, 6.45) is 1.71. The predicted molar refractivity (Wildman–Crippen MR) is 66.4 cm³/mol. The molecule has 1 aliphatic rings. The molecule has 0 spiro atoms. The van der Waals surface area contributed by atoms with E-state index < -0.39 is 6.04 Å². The molecule has 2 heterocycles. The molecule has 0 N–H and O–H groups in total. The highest BCUT2D eigenvalue weighted by atomic mass is 16.5. The van der Waals surface area contributed by atoms with Crippen LogP contribution in [0.2, 0.25) is 0 Å². The van der Waals surface area contributed by atoms with E-state index >= 15 is 0 Å². The van der Waals surface area contributed by atoms with Crippen LogP contribution in [0, 0.1) is 13.8 Å². The number of carbonyl (C=O) groups excluding carboxylic acids is 2. The van der Waals surface area contributed by atoms with Crippen LogP contribution in [0.5, 0.6) is 0 Å². The fourth-order valence-corrected chi connectivity index (χ4v) is 2.45. The molecule has 2 rings (SSSR count). The van der Waals surface area contributed by atoms with E-state index in [9.17, 15) is 9.59 Å². The lowest BCUT2D eigenvalue weighted by atomic mass is 10.1. The van der Waals surface area contributed by atoms with Gasteiger partial charge >= 0.3 is 5.97 Å². The highest BCUT2D eigenvalue weighted by molar-refractivity contribution is 5.86. The number of methoxy groups -OCH3 is 1. The van der Waals surface area contributed by atoms with Gasteiger partial charge in [0.15, 0.2) is 0 Å². The van der Waals surface area contributed by atoms with Crippen molar-refractivity contribution in [2.75, 3.05) is 13.7 Å². The minimum absolute atomic E-state index is 0.0812. The Bertz CT molecular complexity index is 475. The maximum absolute atomic E-state index is 12.3. The van der Waals surface area contributed by atoms with Crippen molar-refractivity contribution in [2.45, 2.75) is 39.2 Å². The molecule has 1 saturated heterocycles. The Balaban J connectivity index is 2.09. The zero-order valence-electron chi connectivity index (χ0n) is 11.4. The van der Waals surface area contributed by atoms with Crippen molar-refractivity contribution in [3.05, 3.63) is 17.0 Å². The summed E-state index contributed by atoms with van der Waals surface area (Å²) in [5, 5.41) is 3.83. The first kappa shape index (κ1) is 13.6. The quantitative estimate of drug-likeness (QED) is 0.763. The standard InChI is InChI=1S/C13H18N2O4/c1-8-10(9(2)19-14-8)7-12(16)15-6-4-5-11(15)13(17)18-3/h11H,4-7H2,1-3H3. The third-order valence-electron chi connectivity index (χ3n) is 3.56. The number of rotatable bonds is 3. The molecular formula is C13H18N2O4. The van der Waals surface area contributed by atoms with Gasteiger partial charge in [-0.1, -0.05) is 5.16 Å². The molecule has 0 saturated carbocycles. The average Bonchev–Trinajstić information content (AvgIpc) is 2.99. The molecule has 6 nitrogen and oxygen atoms in total. The molecule has 1 aliphatic heterocycles. The summed E-state index contributed by atoms with van der Waals surface area (Å²) in [7, 11) is 1.34. The molecule has 1 unspecified atom stereocenters. The van der Waals surface area contributed by atoms with Crippen LogP contribution in [-0.4, -0.2) is 41.6 Å². The van der Waals surface area contributed by atoms with Crippen LogP contribution in [0.15, 0.2) is 4.52 Å². The van der Waals surface area contributed by atoms with Gasteiger partial charge in [-0.2, -0.15) is 0 Å². The largest absolute Gasteiger partial charge is 0.467 e. The van der Waals surface area contributed by atoms with Crippen LogP contribution < -0.4 is 0 Å². The van der Waals surface area contributed by atoms with E-state index in [1.165, 1.54) is 7.11 Å². The van der Waals surface area contributed by atoms with Gasteiger partial charge in [0.25, 0.3) is 0 Å². The molecule has 0 aliphatic carbocycles. The summed E-state index contributed by atoms with van der Waals surface area (Å²) in [6, 6.07) is -0.446. The minimum atomic E-state index is -0.446. The summed E-state index contributed by atoms with van der Waals surface area (Å²) in [5.41, 5.74) is 1.53. The van der Waals surface area contributed by atoms with Gasteiger partial charge in [-0.05, 0) is 26.7 Å². The van der Waals surface area contributed by atoms with Crippen LogP contribution in [0.3, 0.4) is 0 Å². The third kappa shape index (κ3) is 2.62. The minimum Gasteiger partial charge on any atom is -0.467 e. The first-order valence-electron chi connectivity index (χ1n) is 6.33. The van der Waals surface area contributed by atoms with E-state index in [0.717, 1.165) is 17.7 Å². The lowest BCUT2D eigenvalue weighted by Gasteiger charge is -2.22. The van der Waals surface area contributed by atoms with E-state index in [4.69, 9.17) is 9.26 Å². The van der Waals surface area contributed by atoms with Crippen LogP contribution in [0.4, 0.5) is 0 Å². The molecule has 1 aromatic rings. The van der Waals surface area contributed by atoms with E-state index in [-0.39, 0.29) is 18.3 Å². The van der Waals surface area contributed by atoms with E-state index in [1.807, 2.05) is 0 Å². The SMILES string of the molecule is COC(=O)C1CCCN1C(=O)Cc1c(C)noc1C. The number of amides is 1. The Kier molecular flexibility index (Phi) is 3.87. The van der Waals surface area contributed by atoms with Gasteiger partial charge in [-0.15, -0.1) is 0 Å². The maximum Gasteiger partial charge on any atom is 0.328 e. The Labute approximate surface area is 111 Å². The Morgan fingerprint density at radius 3 is 2.79 bits per heavy atom. The number of aryl methyl sites for hydroxylation is 2. The van der Waals surface area contributed by atoms with Crippen molar-refractivity contribution in [1.29, 1.82) is 0 Å². The second-order valence-corrected chi connectivity index (χ2v) is 4.75. The number of hydrogen-bond acceptors (Lipinski definition) is 5. The third-order valence-corrected chi connectivity index (χ3v) is 3.56. The summed E-state index contributed by atoms with van der Waals surface area (Å²) in [5.74, 6) is 0.228. The fourth-order valence-electron chi connectivity index (χ4n) is 2.45. The van der Waals surface area contributed by atoms with Gasteiger partial charge < -0.3 is 14.2 Å². The number of aromatic nitrogens is 1. The Morgan fingerprint density at radius 1 is 1.47 bits per heavy atom. The van der Waals surface area contributed by atoms with Gasteiger partial charge in [0.05, 0.1) is 19.2 Å². The smallest absolute Gasteiger partial charge is 0.328 e. The van der Waals surface area contributed by atoms with Crippen LogP contribution >= 0.6 is 0 Å². The van der Waals surface area contributed by atoms with Crippen molar-refractivity contribution < 1.29 is 18.8 Å². The predicted octanol–water partition coefficient (Wildman–Crippen LogP) is 0.998. The highest BCUT2D eigenvalue weighted by Crippen LogP contribution is 2.21. The topological polar surface area (TPSA) is 72.6 Å². The maximum atomic E-state index is 12.3. The van der Waals surface area contributed by atoms with E-state index in [1.54, 1.807) is 18.7 Å². The Hall–Kier alpha value is -1.85. The number of likely N-dealkylation sites (tertiary alicyclic amines) is 1. The van der Waals surface area contributed by atoms with E-state index in [2.05, 4.69) is 5.16 Å². The highest BCUT2D eigenvalue weighted by Gasteiger charge is 2.35. The number of ether oxygens (including phenoxy) is 1. The molecule has 0 radical (unpaired) electrons. The van der Waals surface area contributed by atoms with Gasteiger partial charge in [-0.25, -0.2) is 4.79 Å². The first-order valence-corrected chi connectivity index (χ1v) is 6.33. The van der Waals surface area contributed by atoms with E-state index in [0.29, 0.717) is 18.7 Å². The summed E-state index contributed by atoms with van der Waals surface area (Å²) in [4.78, 5) is 25.5. The van der Waals surface area contributed by atoms with Gasteiger partial charge in [0, 0.05) is 12.1 Å². The summed E-state index contributed by atoms with van der Waals surface area (Å²) in [6.45, 7) is 4.19. The lowest BCUT2D eigenvalue weighted by molar-refractivity contribution is -0.150. The zero-order chi connectivity index (χ0) is 14.0. The molecule has 104 valence electrons. The molecule has 1 atom stereocenters. The van der Waals surface area contributed by atoms with Crippen molar-refractivity contribution in [2.24, 2.45) is 0 Å². The summed E-state index contributed by atoms with van der Waals surface area (Å²) >= 11 is 0. The lowest BCUT2D eigenvalue weighted by Crippen LogP contribution is -2.41. The number of hydrogen-bond donors (Lipinski definition) is 0. The molecule has 0 aromatic carbocycles. The first-order chi connectivity index (χ1) is 9.04. The normalized spacial score (nSPS) is 18.7. The molecule has 1 amide bonds. The van der Waals surface area contributed by atoms with Crippen molar-refractivity contribution in [1.82, 2.24) is 10.1 Å². The monoisotopic (exact) mass is 266 g/mol. The number of carbonyl (C=O) groups is 2. The Morgan fingerprint density at radius 2 is 2.21 bits per heavy atom. The molecule has 0 bridgehead atoms. The molecule has 19 heavy (non-hydrogen) atoms. The number of nitrogens with zero attached hydrogens (tertiary/aromatic N) is 2.